The molecule has 18 heavy (non-hydrogen) atoms. The molecule has 0 aliphatic carbocycles. The van der Waals surface area contributed by atoms with E-state index >= 15 is 0 Å². The number of aryl methyl sites for hydroxylation is 1. The summed E-state index contributed by atoms with van der Waals surface area (Å²) in [4.78, 5) is 13.6. The number of benzene rings is 1. The third-order valence-electron chi connectivity index (χ3n) is 2.51. The van der Waals surface area contributed by atoms with Gasteiger partial charge in [-0.1, -0.05) is 6.07 Å². The van der Waals surface area contributed by atoms with Crippen LogP contribution in [0.25, 0.3) is 0 Å². The molecule has 5 nitrogen and oxygen atoms in total. The number of rotatable bonds is 3. The van der Waals surface area contributed by atoms with Crippen molar-refractivity contribution < 1.29 is 13.7 Å². The fraction of sp³-hybridized carbons (Fsp3) is 0.182. The second-order valence-electron chi connectivity index (χ2n) is 3.77. The van der Waals surface area contributed by atoms with Gasteiger partial charge in [0.2, 0.25) is 5.82 Å². The van der Waals surface area contributed by atoms with Crippen molar-refractivity contribution in [3.8, 4) is 0 Å². The summed E-state index contributed by atoms with van der Waals surface area (Å²) in [5.41, 5.74) is 0.242. The van der Waals surface area contributed by atoms with Gasteiger partial charge >= 0.3 is 5.82 Å². The van der Waals surface area contributed by atoms with Crippen LogP contribution in [0.1, 0.15) is 11.4 Å². The normalized spacial score (nSPS) is 10.6. The molecule has 0 N–H and O–H groups in total. The molecule has 0 unspecified atom stereocenters. The Morgan fingerprint density at radius 1 is 1.44 bits per heavy atom. The zero-order valence-electron chi connectivity index (χ0n) is 9.43. The van der Waals surface area contributed by atoms with E-state index in [4.69, 9.17) is 0 Å². The summed E-state index contributed by atoms with van der Waals surface area (Å²) in [5, 5.41) is 10.5. The molecule has 1 aromatic heterocycles. The van der Waals surface area contributed by atoms with Crippen LogP contribution in [0.5, 0.6) is 0 Å². The molecule has 7 heteroatoms. The van der Waals surface area contributed by atoms with Gasteiger partial charge in [-0.15, -0.1) is 0 Å². The Labute approximate surface area is 101 Å². The third kappa shape index (κ3) is 2.34. The molecule has 0 bridgehead atoms. The highest BCUT2D eigenvalue weighted by Gasteiger charge is 2.16. The number of nitrogens with zero attached hydrogens (tertiary/aromatic N) is 3. The van der Waals surface area contributed by atoms with Crippen molar-refractivity contribution >= 4 is 5.82 Å². The lowest BCUT2D eigenvalue weighted by atomic mass is 10.2. The summed E-state index contributed by atoms with van der Waals surface area (Å²) in [6, 6.07) is 3.21. The largest absolute Gasteiger partial charge is 0.381 e. The van der Waals surface area contributed by atoms with E-state index in [1.807, 2.05) is 0 Å². The lowest BCUT2D eigenvalue weighted by Gasteiger charge is -2.04. The molecule has 0 amide bonds. The summed E-state index contributed by atoms with van der Waals surface area (Å²) in [6.07, 6.45) is 1.22. The fourth-order valence-electron chi connectivity index (χ4n) is 1.57. The Morgan fingerprint density at radius 2 is 2.17 bits per heavy atom. The van der Waals surface area contributed by atoms with Gasteiger partial charge in [-0.2, -0.15) is 0 Å². The number of nitro groups is 1. The fourth-order valence-corrected chi connectivity index (χ4v) is 1.57. The quantitative estimate of drug-likeness (QED) is 0.623. The summed E-state index contributed by atoms with van der Waals surface area (Å²) in [7, 11) is 0. The Morgan fingerprint density at radius 3 is 2.72 bits per heavy atom. The van der Waals surface area contributed by atoms with Crippen LogP contribution in [0.2, 0.25) is 0 Å². The standard InChI is InChI=1S/C11H9F2N3O2/c1-7-14-11(16(17)18)6-15(7)5-8-2-3-9(12)4-10(8)13/h2-4,6H,5H2,1H3. The monoisotopic (exact) mass is 253 g/mol. The van der Waals surface area contributed by atoms with E-state index in [-0.39, 0.29) is 17.9 Å². The van der Waals surface area contributed by atoms with Crippen LogP contribution in [0.4, 0.5) is 14.6 Å². The van der Waals surface area contributed by atoms with E-state index in [0.717, 1.165) is 12.1 Å². The maximum absolute atomic E-state index is 13.4. The number of halogens is 2. The molecule has 0 aliphatic heterocycles. The van der Waals surface area contributed by atoms with Crippen LogP contribution >= 0.6 is 0 Å². The van der Waals surface area contributed by atoms with Crippen LogP contribution in [0.15, 0.2) is 24.4 Å². The highest BCUT2D eigenvalue weighted by molar-refractivity contribution is 5.22. The van der Waals surface area contributed by atoms with Crippen LogP contribution in [-0.2, 0) is 6.54 Å². The number of aromatic nitrogens is 2. The molecule has 1 heterocycles. The van der Waals surface area contributed by atoms with Crippen molar-refractivity contribution in [2.75, 3.05) is 0 Å². The Hall–Kier alpha value is -2.31. The summed E-state index contributed by atoms with van der Waals surface area (Å²) in [6.45, 7) is 1.65. The van der Waals surface area contributed by atoms with Crippen LogP contribution in [0.3, 0.4) is 0 Å². The predicted molar refractivity (Wildman–Crippen MR) is 59.1 cm³/mol. The topological polar surface area (TPSA) is 61.0 Å². The van der Waals surface area contributed by atoms with Crippen LogP contribution < -0.4 is 0 Å². The Bertz CT molecular complexity index is 610. The van der Waals surface area contributed by atoms with Crippen LogP contribution in [0, 0.1) is 28.7 Å². The van der Waals surface area contributed by atoms with Gasteiger partial charge in [0.1, 0.15) is 17.8 Å². The molecule has 0 radical (unpaired) electrons. The van der Waals surface area contributed by atoms with Crippen molar-refractivity contribution in [1.82, 2.24) is 9.55 Å². The van der Waals surface area contributed by atoms with Gasteiger partial charge in [0, 0.05) is 18.6 Å². The van der Waals surface area contributed by atoms with Crippen molar-refractivity contribution in [3.63, 3.8) is 0 Å². The van der Waals surface area contributed by atoms with Gasteiger partial charge in [-0.3, -0.25) is 0 Å². The first-order chi connectivity index (χ1) is 8.47. The summed E-state index contributed by atoms with van der Waals surface area (Å²) < 4.78 is 27.6. The van der Waals surface area contributed by atoms with E-state index in [1.165, 1.54) is 16.8 Å². The van der Waals surface area contributed by atoms with Gasteiger partial charge in [-0.25, -0.2) is 8.78 Å². The molecular weight excluding hydrogens is 244 g/mol. The second-order valence-corrected chi connectivity index (χ2v) is 3.77. The maximum Gasteiger partial charge on any atom is 0.381 e. The van der Waals surface area contributed by atoms with Gasteiger partial charge in [0.25, 0.3) is 0 Å². The molecule has 0 aliphatic rings. The minimum absolute atomic E-state index is 0.0682. The Balaban J connectivity index is 2.31. The second kappa shape index (κ2) is 4.52. The third-order valence-corrected chi connectivity index (χ3v) is 2.51. The van der Waals surface area contributed by atoms with Gasteiger partial charge in [-0.05, 0) is 16.0 Å². The lowest BCUT2D eigenvalue weighted by Crippen LogP contribution is -2.03. The number of hydrogen-bond donors (Lipinski definition) is 0. The van der Waals surface area contributed by atoms with Crippen molar-refractivity contribution in [1.29, 1.82) is 0 Å². The van der Waals surface area contributed by atoms with E-state index < -0.39 is 16.6 Å². The molecule has 0 saturated heterocycles. The minimum Gasteiger partial charge on any atom is -0.358 e. The van der Waals surface area contributed by atoms with Crippen LogP contribution in [-0.4, -0.2) is 14.5 Å². The highest BCUT2D eigenvalue weighted by atomic mass is 19.1. The van der Waals surface area contributed by atoms with Gasteiger partial charge in [0.05, 0.1) is 6.54 Å². The molecule has 0 spiro atoms. The molecule has 0 atom stereocenters. The zero-order chi connectivity index (χ0) is 13.3. The molecule has 0 saturated carbocycles. The first-order valence-corrected chi connectivity index (χ1v) is 5.09. The first-order valence-electron chi connectivity index (χ1n) is 5.09. The summed E-state index contributed by atoms with van der Waals surface area (Å²) >= 11 is 0. The molecule has 1 aromatic carbocycles. The van der Waals surface area contributed by atoms with E-state index in [9.17, 15) is 18.9 Å². The minimum atomic E-state index is -0.689. The van der Waals surface area contributed by atoms with Crippen molar-refractivity contribution in [3.05, 3.63) is 57.5 Å². The molecular formula is C11H9F2N3O2. The predicted octanol–water partition coefficient (Wildman–Crippen LogP) is 2.43. The summed E-state index contributed by atoms with van der Waals surface area (Å²) in [5.74, 6) is -1.25. The SMILES string of the molecule is Cc1nc([N+](=O)[O-])cn1Cc1ccc(F)cc1F. The van der Waals surface area contributed by atoms with E-state index in [0.29, 0.717) is 5.82 Å². The number of hydrogen-bond acceptors (Lipinski definition) is 3. The molecule has 2 aromatic rings. The average Bonchev–Trinajstić information content (AvgIpc) is 2.64. The number of imidazole rings is 1. The molecule has 94 valence electrons. The zero-order valence-corrected chi connectivity index (χ0v) is 9.43. The van der Waals surface area contributed by atoms with E-state index in [1.54, 1.807) is 6.92 Å². The molecule has 2 rings (SSSR count). The lowest BCUT2D eigenvalue weighted by molar-refractivity contribution is -0.389. The average molecular weight is 253 g/mol. The van der Waals surface area contributed by atoms with Crippen molar-refractivity contribution in [2.24, 2.45) is 0 Å². The smallest absolute Gasteiger partial charge is 0.358 e. The van der Waals surface area contributed by atoms with Gasteiger partial charge < -0.3 is 14.7 Å². The van der Waals surface area contributed by atoms with Crippen molar-refractivity contribution in [2.45, 2.75) is 13.5 Å². The van der Waals surface area contributed by atoms with E-state index in [2.05, 4.69) is 4.98 Å². The Kier molecular flexibility index (Phi) is 3.05. The maximum atomic E-state index is 13.4. The van der Waals surface area contributed by atoms with Gasteiger partial charge in [0.15, 0.2) is 0 Å². The highest BCUT2D eigenvalue weighted by Crippen LogP contribution is 2.15. The first kappa shape index (κ1) is 12.2. The molecule has 0 fully saturated rings.